The Morgan fingerprint density at radius 3 is 2.54 bits per heavy atom. The molecule has 2 aliphatic heterocycles. The van der Waals surface area contributed by atoms with E-state index in [4.69, 9.17) is 4.74 Å². The first-order valence-electron chi connectivity index (χ1n) is 8.41. The zero-order chi connectivity index (χ0) is 17.9. The second-order valence-corrected chi connectivity index (χ2v) is 7.39. The molecule has 136 valence electrons. The normalized spacial score (nSPS) is 23.1. The van der Waals surface area contributed by atoms with Gasteiger partial charge in [0.05, 0.1) is 6.04 Å². The van der Waals surface area contributed by atoms with Gasteiger partial charge in [-0.05, 0) is 40.0 Å². The predicted molar refractivity (Wildman–Crippen MR) is 86.1 cm³/mol. The van der Waals surface area contributed by atoms with Gasteiger partial charge in [-0.25, -0.2) is 4.79 Å². The fraction of sp³-hybridized carbons (Fsp3) is 0.812. The molecule has 3 amide bonds. The smallest absolute Gasteiger partial charge is 0.407 e. The van der Waals surface area contributed by atoms with Crippen LogP contribution in [0.5, 0.6) is 0 Å². The quantitative estimate of drug-likeness (QED) is 0.652. The number of hydrogen-bond acceptors (Lipinski definition) is 5. The molecular weight excluding hydrogens is 314 g/mol. The van der Waals surface area contributed by atoms with Gasteiger partial charge in [-0.2, -0.15) is 0 Å². The van der Waals surface area contributed by atoms with Crippen LogP contribution in [0.3, 0.4) is 0 Å². The highest BCUT2D eigenvalue weighted by Gasteiger charge is 2.37. The molecule has 0 spiro atoms. The Bertz CT molecular complexity index is 498. The van der Waals surface area contributed by atoms with E-state index in [1.807, 2.05) is 0 Å². The number of nitrogens with zero attached hydrogens (tertiary/aromatic N) is 1. The highest BCUT2D eigenvalue weighted by Crippen LogP contribution is 2.20. The highest BCUT2D eigenvalue weighted by molar-refractivity contribution is 5.84. The van der Waals surface area contributed by atoms with Crippen LogP contribution in [-0.4, -0.2) is 65.3 Å². The summed E-state index contributed by atoms with van der Waals surface area (Å²) in [5.41, 5.74) is -0.689. The van der Waals surface area contributed by atoms with Crippen molar-refractivity contribution in [1.29, 1.82) is 0 Å². The van der Waals surface area contributed by atoms with Crippen LogP contribution in [0.4, 0.5) is 4.79 Å². The summed E-state index contributed by atoms with van der Waals surface area (Å²) in [6.07, 6.45) is -0.359. The first-order chi connectivity index (χ1) is 11.2. The van der Waals surface area contributed by atoms with Gasteiger partial charge in [0.25, 0.3) is 5.91 Å². The number of carbonyl (C=O) groups excluding carboxylic acids is 3. The summed E-state index contributed by atoms with van der Waals surface area (Å²) in [4.78, 5) is 37.6. The third-order valence-corrected chi connectivity index (χ3v) is 4.21. The lowest BCUT2D eigenvalue weighted by Crippen LogP contribution is -2.56. The van der Waals surface area contributed by atoms with Crippen molar-refractivity contribution in [3.05, 3.63) is 0 Å². The fourth-order valence-electron chi connectivity index (χ4n) is 2.80. The van der Waals surface area contributed by atoms with Crippen LogP contribution in [0.25, 0.3) is 0 Å². The van der Waals surface area contributed by atoms with Crippen LogP contribution in [0, 0.1) is 5.92 Å². The van der Waals surface area contributed by atoms with Gasteiger partial charge in [-0.15, -0.1) is 0 Å². The molecule has 2 heterocycles. The first-order valence-corrected chi connectivity index (χ1v) is 8.41. The molecule has 8 heteroatoms. The van der Waals surface area contributed by atoms with E-state index >= 15 is 0 Å². The number of rotatable bonds is 5. The van der Waals surface area contributed by atoms with Crippen LogP contribution in [0.2, 0.25) is 0 Å². The Morgan fingerprint density at radius 2 is 2.08 bits per heavy atom. The summed E-state index contributed by atoms with van der Waals surface area (Å²) in [7, 11) is 0. The molecule has 3 N–H and O–H groups in total. The molecule has 8 nitrogen and oxygen atoms in total. The van der Waals surface area contributed by atoms with Gasteiger partial charge < -0.3 is 25.4 Å². The Balaban J connectivity index is 2.03. The monoisotopic (exact) mass is 341 g/mol. The SMILES string of the molecule is CC(C)(C)OC(=O)NC(CC1CCNC1=O)C(O)C(=O)N1CCC1. The van der Waals surface area contributed by atoms with Gasteiger partial charge in [0.1, 0.15) is 5.60 Å². The molecule has 24 heavy (non-hydrogen) atoms. The Labute approximate surface area is 141 Å². The molecular formula is C16H27N3O5. The molecule has 0 bridgehead atoms. The molecule has 0 aromatic carbocycles. The third-order valence-electron chi connectivity index (χ3n) is 4.21. The van der Waals surface area contributed by atoms with Gasteiger partial charge in [-0.3, -0.25) is 9.59 Å². The van der Waals surface area contributed by atoms with Gasteiger partial charge in [-0.1, -0.05) is 0 Å². The lowest BCUT2D eigenvalue weighted by Gasteiger charge is -2.35. The summed E-state index contributed by atoms with van der Waals surface area (Å²) >= 11 is 0. The van der Waals surface area contributed by atoms with Crippen molar-refractivity contribution in [2.24, 2.45) is 5.92 Å². The second-order valence-electron chi connectivity index (χ2n) is 7.39. The van der Waals surface area contributed by atoms with E-state index in [9.17, 15) is 19.5 Å². The minimum absolute atomic E-state index is 0.116. The highest BCUT2D eigenvalue weighted by atomic mass is 16.6. The van der Waals surface area contributed by atoms with Crippen molar-refractivity contribution in [1.82, 2.24) is 15.5 Å². The van der Waals surface area contributed by atoms with E-state index in [2.05, 4.69) is 10.6 Å². The number of aliphatic hydroxyl groups excluding tert-OH is 1. The van der Waals surface area contributed by atoms with Gasteiger partial charge >= 0.3 is 6.09 Å². The lowest BCUT2D eigenvalue weighted by atomic mass is 9.94. The van der Waals surface area contributed by atoms with Crippen LogP contribution >= 0.6 is 0 Å². The van der Waals surface area contributed by atoms with Crippen LogP contribution in [0.1, 0.15) is 40.0 Å². The summed E-state index contributed by atoms with van der Waals surface area (Å²) in [6, 6.07) is -0.859. The number of aliphatic hydroxyl groups is 1. The average molecular weight is 341 g/mol. The molecule has 3 unspecified atom stereocenters. The number of alkyl carbamates (subject to hydrolysis) is 1. The largest absolute Gasteiger partial charge is 0.444 e. The number of amides is 3. The van der Waals surface area contributed by atoms with Crippen molar-refractivity contribution in [2.75, 3.05) is 19.6 Å². The van der Waals surface area contributed by atoms with E-state index in [0.29, 0.717) is 26.1 Å². The minimum atomic E-state index is -1.38. The molecule has 2 saturated heterocycles. The van der Waals surface area contributed by atoms with Crippen molar-refractivity contribution < 1.29 is 24.2 Å². The predicted octanol–water partition coefficient (Wildman–Crippen LogP) is -0.000900. The lowest BCUT2D eigenvalue weighted by molar-refractivity contribution is -0.145. The number of ether oxygens (including phenoxy) is 1. The zero-order valence-corrected chi connectivity index (χ0v) is 14.5. The zero-order valence-electron chi connectivity index (χ0n) is 14.5. The fourth-order valence-corrected chi connectivity index (χ4v) is 2.80. The van der Waals surface area contributed by atoms with Gasteiger partial charge in [0.15, 0.2) is 6.10 Å². The maximum Gasteiger partial charge on any atom is 0.407 e. The maximum atomic E-state index is 12.3. The summed E-state index contributed by atoms with van der Waals surface area (Å²) in [5.74, 6) is -0.862. The van der Waals surface area contributed by atoms with E-state index in [1.165, 1.54) is 0 Å². The van der Waals surface area contributed by atoms with Crippen LogP contribution in [0.15, 0.2) is 0 Å². The number of carbonyl (C=O) groups is 3. The van der Waals surface area contributed by atoms with Crippen molar-refractivity contribution >= 4 is 17.9 Å². The topological polar surface area (TPSA) is 108 Å². The molecule has 0 aromatic heterocycles. The second kappa shape index (κ2) is 7.38. The van der Waals surface area contributed by atoms with Gasteiger partial charge in [0, 0.05) is 25.6 Å². The summed E-state index contributed by atoms with van der Waals surface area (Å²) in [6.45, 7) is 6.98. The molecule has 0 radical (unpaired) electrons. The molecule has 0 aromatic rings. The molecule has 0 saturated carbocycles. The summed E-state index contributed by atoms with van der Waals surface area (Å²) < 4.78 is 5.20. The Hall–Kier alpha value is -1.83. The van der Waals surface area contributed by atoms with E-state index < -0.39 is 29.7 Å². The summed E-state index contributed by atoms with van der Waals surface area (Å²) in [5, 5.41) is 15.7. The number of nitrogens with one attached hydrogen (secondary N) is 2. The van der Waals surface area contributed by atoms with E-state index in [-0.39, 0.29) is 18.2 Å². The van der Waals surface area contributed by atoms with Crippen molar-refractivity contribution in [2.45, 2.75) is 57.8 Å². The molecule has 2 fully saturated rings. The molecule has 2 aliphatic rings. The Morgan fingerprint density at radius 1 is 1.42 bits per heavy atom. The standard InChI is InChI=1S/C16H27N3O5/c1-16(2,3)24-15(23)18-11(9-10-5-6-17-13(10)21)12(20)14(22)19-7-4-8-19/h10-12,20H,4-9H2,1-3H3,(H,17,21)(H,18,23). The Kier molecular flexibility index (Phi) is 5.69. The van der Waals surface area contributed by atoms with Crippen LogP contribution in [-0.2, 0) is 14.3 Å². The first kappa shape index (κ1) is 18.5. The molecule has 3 atom stereocenters. The van der Waals surface area contributed by atoms with Crippen molar-refractivity contribution in [3.8, 4) is 0 Å². The van der Waals surface area contributed by atoms with E-state index in [1.54, 1.807) is 25.7 Å². The average Bonchev–Trinajstić information content (AvgIpc) is 2.78. The third kappa shape index (κ3) is 4.83. The minimum Gasteiger partial charge on any atom is -0.444 e. The van der Waals surface area contributed by atoms with Gasteiger partial charge in [0.2, 0.25) is 5.91 Å². The van der Waals surface area contributed by atoms with Crippen LogP contribution < -0.4 is 10.6 Å². The molecule has 2 rings (SSSR count). The number of likely N-dealkylation sites (tertiary alicyclic amines) is 1. The van der Waals surface area contributed by atoms with E-state index in [0.717, 1.165) is 6.42 Å². The van der Waals surface area contributed by atoms with Crippen molar-refractivity contribution in [3.63, 3.8) is 0 Å². The number of hydrogen-bond donors (Lipinski definition) is 3. The maximum absolute atomic E-state index is 12.3. The molecule has 0 aliphatic carbocycles.